The third kappa shape index (κ3) is 4.59. The molecule has 2 aromatic rings. The van der Waals surface area contributed by atoms with Crippen molar-refractivity contribution in [2.24, 2.45) is 0 Å². The molecule has 1 aliphatic rings. The molecule has 1 saturated heterocycles. The van der Waals surface area contributed by atoms with E-state index in [-0.39, 0.29) is 5.91 Å². The fourth-order valence-corrected chi connectivity index (χ4v) is 3.52. The molecule has 1 N–H and O–H groups in total. The number of nitrogens with one attached hydrogen (secondary N) is 1. The number of benzene rings is 1. The molecule has 1 aromatic carbocycles. The quantitative estimate of drug-likeness (QED) is 0.824. The summed E-state index contributed by atoms with van der Waals surface area (Å²) < 4.78 is 5.25. The first kappa shape index (κ1) is 16.1. The van der Waals surface area contributed by atoms with Crippen molar-refractivity contribution in [3.63, 3.8) is 0 Å². The van der Waals surface area contributed by atoms with Gasteiger partial charge in [-0.25, -0.2) is 0 Å². The maximum atomic E-state index is 12.1. The SMILES string of the molecule is O=C(NCCCN1CCSCC1)c1cc(-c2ccccc2)on1. The minimum absolute atomic E-state index is 0.176. The summed E-state index contributed by atoms with van der Waals surface area (Å²) >= 11 is 2.01. The summed E-state index contributed by atoms with van der Waals surface area (Å²) in [6, 6.07) is 11.3. The van der Waals surface area contributed by atoms with Crippen LogP contribution in [-0.2, 0) is 0 Å². The van der Waals surface area contributed by atoms with Crippen molar-refractivity contribution in [2.75, 3.05) is 37.7 Å². The molecule has 0 saturated carbocycles. The van der Waals surface area contributed by atoms with Crippen LogP contribution in [0, 0.1) is 0 Å². The van der Waals surface area contributed by atoms with Crippen molar-refractivity contribution in [1.29, 1.82) is 0 Å². The van der Waals surface area contributed by atoms with Crippen LogP contribution in [0.3, 0.4) is 0 Å². The Kier molecular flexibility index (Phi) is 5.71. The van der Waals surface area contributed by atoms with E-state index in [1.165, 1.54) is 11.5 Å². The van der Waals surface area contributed by atoms with Crippen molar-refractivity contribution >= 4 is 17.7 Å². The second-order valence-electron chi connectivity index (χ2n) is 5.51. The summed E-state index contributed by atoms with van der Waals surface area (Å²) in [6.07, 6.45) is 0.958. The van der Waals surface area contributed by atoms with Gasteiger partial charge in [-0.2, -0.15) is 11.8 Å². The van der Waals surface area contributed by atoms with Gasteiger partial charge in [-0.1, -0.05) is 35.5 Å². The topological polar surface area (TPSA) is 58.4 Å². The van der Waals surface area contributed by atoms with Crippen LogP contribution in [0.4, 0.5) is 0 Å². The summed E-state index contributed by atoms with van der Waals surface area (Å²) in [5.41, 5.74) is 1.25. The molecule has 6 heteroatoms. The van der Waals surface area contributed by atoms with E-state index in [0.29, 0.717) is 18.0 Å². The van der Waals surface area contributed by atoms with Gasteiger partial charge in [-0.3, -0.25) is 4.79 Å². The first-order chi connectivity index (χ1) is 11.3. The predicted molar refractivity (Wildman–Crippen MR) is 92.7 cm³/mol. The summed E-state index contributed by atoms with van der Waals surface area (Å²) in [6.45, 7) is 4.01. The monoisotopic (exact) mass is 331 g/mol. The van der Waals surface area contributed by atoms with Gasteiger partial charge in [-0.15, -0.1) is 0 Å². The van der Waals surface area contributed by atoms with E-state index < -0.39 is 0 Å². The van der Waals surface area contributed by atoms with Crippen molar-refractivity contribution in [3.8, 4) is 11.3 Å². The lowest BCUT2D eigenvalue weighted by Crippen LogP contribution is -2.35. The van der Waals surface area contributed by atoms with E-state index in [2.05, 4.69) is 15.4 Å². The molecule has 1 aliphatic heterocycles. The number of hydrogen-bond acceptors (Lipinski definition) is 5. The van der Waals surface area contributed by atoms with E-state index >= 15 is 0 Å². The first-order valence-corrected chi connectivity index (χ1v) is 9.09. The zero-order valence-electron chi connectivity index (χ0n) is 13.0. The molecule has 0 unspecified atom stereocenters. The van der Waals surface area contributed by atoms with Crippen LogP contribution in [0.25, 0.3) is 11.3 Å². The molecule has 23 heavy (non-hydrogen) atoms. The van der Waals surface area contributed by atoms with Crippen LogP contribution in [0.1, 0.15) is 16.9 Å². The van der Waals surface area contributed by atoms with Crippen LogP contribution in [0.2, 0.25) is 0 Å². The lowest BCUT2D eigenvalue weighted by molar-refractivity contribution is 0.0943. The van der Waals surface area contributed by atoms with Gasteiger partial charge in [0.05, 0.1) is 0 Å². The van der Waals surface area contributed by atoms with Gasteiger partial charge in [0, 0.05) is 42.8 Å². The normalized spacial score (nSPS) is 15.5. The fourth-order valence-electron chi connectivity index (χ4n) is 2.54. The number of carbonyl (C=O) groups is 1. The largest absolute Gasteiger partial charge is 0.355 e. The van der Waals surface area contributed by atoms with Crippen LogP contribution in [-0.4, -0.2) is 53.6 Å². The summed E-state index contributed by atoms with van der Waals surface area (Å²) in [7, 11) is 0. The molecule has 122 valence electrons. The number of nitrogens with zero attached hydrogens (tertiary/aromatic N) is 2. The van der Waals surface area contributed by atoms with Gasteiger partial charge in [0.2, 0.25) is 0 Å². The van der Waals surface area contributed by atoms with E-state index in [9.17, 15) is 4.79 Å². The van der Waals surface area contributed by atoms with Crippen LogP contribution >= 0.6 is 11.8 Å². The van der Waals surface area contributed by atoms with Crippen molar-refractivity contribution < 1.29 is 9.32 Å². The van der Waals surface area contributed by atoms with Crippen LogP contribution < -0.4 is 5.32 Å². The van der Waals surface area contributed by atoms with E-state index in [0.717, 1.165) is 31.6 Å². The van der Waals surface area contributed by atoms with E-state index in [4.69, 9.17) is 4.52 Å². The molecule has 2 heterocycles. The molecule has 0 bridgehead atoms. The highest BCUT2D eigenvalue weighted by molar-refractivity contribution is 7.99. The van der Waals surface area contributed by atoms with E-state index in [1.54, 1.807) is 6.07 Å². The Hall–Kier alpha value is -1.79. The maximum Gasteiger partial charge on any atom is 0.273 e. The lowest BCUT2D eigenvalue weighted by Gasteiger charge is -2.25. The standard InChI is InChI=1S/C17H21N3O2S/c21-17(18-7-4-8-20-9-11-23-12-10-20)15-13-16(22-19-15)14-5-2-1-3-6-14/h1-3,5-6,13H,4,7-12H2,(H,18,21). The second kappa shape index (κ2) is 8.17. The summed E-state index contributed by atoms with van der Waals surface area (Å²) in [4.78, 5) is 14.5. The van der Waals surface area contributed by atoms with Gasteiger partial charge < -0.3 is 14.7 Å². The molecule has 0 atom stereocenters. The Morgan fingerprint density at radius 3 is 2.83 bits per heavy atom. The highest BCUT2D eigenvalue weighted by atomic mass is 32.2. The molecule has 1 aromatic heterocycles. The smallest absolute Gasteiger partial charge is 0.273 e. The summed E-state index contributed by atoms with van der Waals surface area (Å²) in [5.74, 6) is 2.87. The molecular formula is C17H21N3O2S. The molecule has 5 nitrogen and oxygen atoms in total. The second-order valence-corrected chi connectivity index (χ2v) is 6.73. The Morgan fingerprint density at radius 2 is 2.04 bits per heavy atom. The highest BCUT2D eigenvalue weighted by Crippen LogP contribution is 2.19. The molecule has 1 amide bonds. The van der Waals surface area contributed by atoms with Gasteiger partial charge in [0.1, 0.15) is 0 Å². The first-order valence-electron chi connectivity index (χ1n) is 7.93. The van der Waals surface area contributed by atoms with Crippen LogP contribution in [0.15, 0.2) is 40.9 Å². The third-order valence-electron chi connectivity index (χ3n) is 3.84. The number of hydrogen-bond donors (Lipinski definition) is 1. The van der Waals surface area contributed by atoms with Crippen molar-refractivity contribution in [3.05, 3.63) is 42.1 Å². The number of rotatable bonds is 6. The van der Waals surface area contributed by atoms with Gasteiger partial charge in [-0.05, 0) is 13.0 Å². The Morgan fingerprint density at radius 1 is 1.26 bits per heavy atom. The molecule has 0 aliphatic carbocycles. The Bertz CT molecular complexity index is 624. The average molecular weight is 331 g/mol. The summed E-state index contributed by atoms with van der Waals surface area (Å²) in [5, 5.41) is 6.77. The average Bonchev–Trinajstić information content (AvgIpc) is 3.10. The number of amides is 1. The zero-order chi connectivity index (χ0) is 15.9. The predicted octanol–water partition coefficient (Wildman–Crippen LogP) is 2.51. The molecule has 1 fully saturated rings. The van der Waals surface area contributed by atoms with Crippen molar-refractivity contribution in [1.82, 2.24) is 15.4 Å². The van der Waals surface area contributed by atoms with E-state index in [1.807, 2.05) is 42.1 Å². The van der Waals surface area contributed by atoms with Gasteiger partial charge >= 0.3 is 0 Å². The zero-order valence-corrected chi connectivity index (χ0v) is 13.8. The molecule has 0 spiro atoms. The molecule has 0 radical (unpaired) electrons. The van der Waals surface area contributed by atoms with Gasteiger partial charge in [0.15, 0.2) is 11.5 Å². The number of carbonyl (C=O) groups excluding carboxylic acids is 1. The highest BCUT2D eigenvalue weighted by Gasteiger charge is 2.14. The van der Waals surface area contributed by atoms with Gasteiger partial charge in [0.25, 0.3) is 5.91 Å². The number of thioether (sulfide) groups is 1. The minimum Gasteiger partial charge on any atom is -0.355 e. The number of aromatic nitrogens is 1. The Balaban J connectivity index is 1.44. The Labute approximate surface area is 140 Å². The fraction of sp³-hybridized carbons (Fsp3) is 0.412. The van der Waals surface area contributed by atoms with Crippen molar-refractivity contribution in [2.45, 2.75) is 6.42 Å². The van der Waals surface area contributed by atoms with Crippen LogP contribution in [0.5, 0.6) is 0 Å². The maximum absolute atomic E-state index is 12.1. The molecule has 3 rings (SSSR count). The minimum atomic E-state index is -0.176. The third-order valence-corrected chi connectivity index (χ3v) is 4.78. The molecular weight excluding hydrogens is 310 g/mol. The lowest BCUT2D eigenvalue weighted by atomic mass is 10.1.